The molecule has 9 heteroatoms. The van der Waals surface area contributed by atoms with Crippen molar-refractivity contribution in [2.24, 2.45) is 0 Å². The van der Waals surface area contributed by atoms with Crippen molar-refractivity contribution < 1.29 is 22.7 Å². The van der Waals surface area contributed by atoms with Crippen LogP contribution < -0.4 is 14.8 Å². The maximum absolute atomic E-state index is 12.5. The molecule has 0 radical (unpaired) electrons. The second kappa shape index (κ2) is 10.3. The van der Waals surface area contributed by atoms with E-state index in [1.165, 1.54) is 18.2 Å². The Kier molecular flexibility index (Phi) is 8.10. The fraction of sp³-hybridized carbons (Fsp3) is 0.316. The zero-order chi connectivity index (χ0) is 20.6. The predicted octanol–water partition coefficient (Wildman–Crippen LogP) is 2.98. The molecular formula is C19H23ClN2O5S. The van der Waals surface area contributed by atoms with E-state index in [4.69, 9.17) is 21.1 Å². The first kappa shape index (κ1) is 22.0. The van der Waals surface area contributed by atoms with E-state index in [0.717, 1.165) is 0 Å². The van der Waals surface area contributed by atoms with Gasteiger partial charge in [0.1, 0.15) is 5.75 Å². The minimum atomic E-state index is -3.75. The van der Waals surface area contributed by atoms with Gasteiger partial charge in [-0.05, 0) is 61.4 Å². The van der Waals surface area contributed by atoms with Crippen LogP contribution in [0.15, 0.2) is 47.4 Å². The number of carbonyl (C=O) groups excluding carboxylic acids is 1. The lowest BCUT2D eigenvalue weighted by Gasteiger charge is -2.12. The van der Waals surface area contributed by atoms with Crippen LogP contribution in [0.2, 0.25) is 5.02 Å². The number of carbonyl (C=O) groups is 1. The number of hydrogen-bond acceptors (Lipinski definition) is 5. The summed E-state index contributed by atoms with van der Waals surface area (Å²) in [7, 11) is -2.15. The van der Waals surface area contributed by atoms with Gasteiger partial charge in [-0.1, -0.05) is 11.6 Å². The second-order valence-corrected chi connectivity index (χ2v) is 8.14. The van der Waals surface area contributed by atoms with Crippen LogP contribution in [0.5, 0.6) is 5.75 Å². The first-order chi connectivity index (χ1) is 13.3. The zero-order valence-electron chi connectivity index (χ0n) is 15.7. The van der Waals surface area contributed by atoms with E-state index in [2.05, 4.69) is 10.0 Å². The lowest BCUT2D eigenvalue weighted by Crippen LogP contribution is -2.30. The SMILES string of the molecule is COCCCNC(=O)COc1ccc(S(=O)(=O)Nc2ccc(Cl)cc2)cc1C. The Morgan fingerprint density at radius 1 is 1.14 bits per heavy atom. The van der Waals surface area contributed by atoms with Crippen molar-refractivity contribution in [3.63, 3.8) is 0 Å². The van der Waals surface area contributed by atoms with E-state index in [1.54, 1.807) is 38.3 Å². The molecule has 0 aliphatic carbocycles. The van der Waals surface area contributed by atoms with Crippen LogP contribution in [-0.2, 0) is 19.6 Å². The lowest BCUT2D eigenvalue weighted by atomic mass is 10.2. The monoisotopic (exact) mass is 426 g/mol. The highest BCUT2D eigenvalue weighted by Crippen LogP contribution is 2.24. The van der Waals surface area contributed by atoms with E-state index < -0.39 is 10.0 Å². The predicted molar refractivity (Wildman–Crippen MR) is 108 cm³/mol. The second-order valence-electron chi connectivity index (χ2n) is 6.02. The molecule has 152 valence electrons. The number of sulfonamides is 1. The largest absolute Gasteiger partial charge is 0.484 e. The van der Waals surface area contributed by atoms with Gasteiger partial charge in [-0.25, -0.2) is 8.42 Å². The van der Waals surface area contributed by atoms with Gasteiger partial charge in [0.25, 0.3) is 15.9 Å². The van der Waals surface area contributed by atoms with Crippen molar-refractivity contribution in [2.75, 3.05) is 31.6 Å². The molecule has 2 rings (SSSR count). The summed E-state index contributed by atoms with van der Waals surface area (Å²) in [6.45, 7) is 2.64. The minimum Gasteiger partial charge on any atom is -0.484 e. The zero-order valence-corrected chi connectivity index (χ0v) is 17.3. The number of halogens is 1. The summed E-state index contributed by atoms with van der Waals surface area (Å²) in [6, 6.07) is 10.8. The molecule has 0 fully saturated rings. The van der Waals surface area contributed by atoms with E-state index in [0.29, 0.717) is 41.6 Å². The number of anilines is 1. The summed E-state index contributed by atoms with van der Waals surface area (Å²) in [5.41, 5.74) is 1.01. The number of nitrogens with one attached hydrogen (secondary N) is 2. The van der Waals surface area contributed by atoms with Gasteiger partial charge in [0, 0.05) is 31.0 Å². The molecule has 2 aromatic rings. The van der Waals surface area contributed by atoms with Gasteiger partial charge in [-0.3, -0.25) is 9.52 Å². The topological polar surface area (TPSA) is 93.7 Å². The third-order valence-corrected chi connectivity index (χ3v) is 5.39. The van der Waals surface area contributed by atoms with Crippen LogP contribution in [0.1, 0.15) is 12.0 Å². The molecule has 0 bridgehead atoms. The van der Waals surface area contributed by atoms with Crippen LogP contribution in [0, 0.1) is 6.92 Å². The fourth-order valence-electron chi connectivity index (χ4n) is 2.32. The van der Waals surface area contributed by atoms with Crippen molar-refractivity contribution in [1.82, 2.24) is 5.32 Å². The summed E-state index contributed by atoms with van der Waals surface area (Å²) in [4.78, 5) is 11.8. The van der Waals surface area contributed by atoms with E-state index in [1.807, 2.05) is 0 Å². The number of methoxy groups -OCH3 is 1. The molecule has 1 amide bonds. The Hall–Kier alpha value is -2.29. The van der Waals surface area contributed by atoms with E-state index in [9.17, 15) is 13.2 Å². The minimum absolute atomic E-state index is 0.0938. The first-order valence-electron chi connectivity index (χ1n) is 8.59. The average Bonchev–Trinajstić information content (AvgIpc) is 2.66. The molecule has 0 spiro atoms. The number of amides is 1. The van der Waals surface area contributed by atoms with Crippen molar-refractivity contribution in [1.29, 1.82) is 0 Å². The molecule has 7 nitrogen and oxygen atoms in total. The van der Waals surface area contributed by atoms with Crippen LogP contribution in [0.4, 0.5) is 5.69 Å². The molecule has 2 aromatic carbocycles. The number of rotatable bonds is 10. The van der Waals surface area contributed by atoms with Gasteiger partial charge in [-0.2, -0.15) is 0 Å². The molecule has 28 heavy (non-hydrogen) atoms. The fourth-order valence-corrected chi connectivity index (χ4v) is 3.59. The maximum atomic E-state index is 12.5. The Labute approximate surface area is 170 Å². The highest BCUT2D eigenvalue weighted by atomic mass is 35.5. The standard InChI is InChI=1S/C19H23ClN2O5S/c1-14-12-17(28(24,25)22-16-6-4-15(20)5-7-16)8-9-18(14)27-13-19(23)21-10-3-11-26-2/h4-9,12,22H,3,10-11,13H2,1-2H3,(H,21,23). The van der Waals surface area contributed by atoms with Crippen molar-refractivity contribution >= 4 is 33.2 Å². The molecule has 0 unspecified atom stereocenters. The molecule has 2 N–H and O–H groups in total. The average molecular weight is 427 g/mol. The van der Waals surface area contributed by atoms with Crippen LogP contribution in [-0.4, -0.2) is 41.2 Å². The van der Waals surface area contributed by atoms with Crippen LogP contribution in [0.3, 0.4) is 0 Å². The molecule has 0 aromatic heterocycles. The number of ether oxygens (including phenoxy) is 2. The van der Waals surface area contributed by atoms with Gasteiger partial charge in [0.15, 0.2) is 6.61 Å². The van der Waals surface area contributed by atoms with Gasteiger partial charge in [0.05, 0.1) is 4.90 Å². The lowest BCUT2D eigenvalue weighted by molar-refractivity contribution is -0.123. The number of benzene rings is 2. The molecule has 0 saturated carbocycles. The first-order valence-corrected chi connectivity index (χ1v) is 10.5. The summed E-state index contributed by atoms with van der Waals surface area (Å²) < 4.78 is 37.9. The Morgan fingerprint density at radius 3 is 2.50 bits per heavy atom. The van der Waals surface area contributed by atoms with E-state index in [-0.39, 0.29) is 17.4 Å². The molecule has 0 heterocycles. The highest BCUT2D eigenvalue weighted by Gasteiger charge is 2.16. The van der Waals surface area contributed by atoms with Crippen molar-refractivity contribution in [2.45, 2.75) is 18.2 Å². The van der Waals surface area contributed by atoms with Crippen LogP contribution >= 0.6 is 11.6 Å². The third-order valence-electron chi connectivity index (χ3n) is 3.76. The quantitative estimate of drug-likeness (QED) is 0.569. The van der Waals surface area contributed by atoms with Gasteiger partial charge >= 0.3 is 0 Å². The van der Waals surface area contributed by atoms with Crippen LogP contribution in [0.25, 0.3) is 0 Å². The normalized spacial score (nSPS) is 11.1. The summed E-state index contributed by atoms with van der Waals surface area (Å²) in [6.07, 6.45) is 0.717. The van der Waals surface area contributed by atoms with E-state index >= 15 is 0 Å². The molecule has 0 saturated heterocycles. The molecule has 0 atom stereocenters. The molecule has 0 aliphatic heterocycles. The maximum Gasteiger partial charge on any atom is 0.261 e. The Morgan fingerprint density at radius 2 is 1.86 bits per heavy atom. The van der Waals surface area contributed by atoms with Gasteiger partial charge < -0.3 is 14.8 Å². The van der Waals surface area contributed by atoms with Crippen molar-refractivity contribution in [3.05, 3.63) is 53.1 Å². The smallest absolute Gasteiger partial charge is 0.261 e. The number of aryl methyl sites for hydroxylation is 1. The third kappa shape index (κ3) is 6.70. The summed E-state index contributed by atoms with van der Waals surface area (Å²) in [5, 5.41) is 3.23. The Bertz CT molecular complexity index is 901. The highest BCUT2D eigenvalue weighted by molar-refractivity contribution is 7.92. The molecular weight excluding hydrogens is 404 g/mol. The summed E-state index contributed by atoms with van der Waals surface area (Å²) >= 11 is 5.81. The van der Waals surface area contributed by atoms with Gasteiger partial charge in [0.2, 0.25) is 0 Å². The van der Waals surface area contributed by atoms with Crippen molar-refractivity contribution in [3.8, 4) is 5.75 Å². The molecule has 0 aliphatic rings. The summed E-state index contributed by atoms with van der Waals surface area (Å²) in [5.74, 6) is 0.189. The van der Waals surface area contributed by atoms with Gasteiger partial charge in [-0.15, -0.1) is 0 Å². The Balaban J connectivity index is 1.97. The number of hydrogen-bond donors (Lipinski definition) is 2.